The smallest absolute Gasteiger partial charge is 0.238 e. The van der Waals surface area contributed by atoms with Crippen molar-refractivity contribution in [2.24, 2.45) is 10.1 Å². The number of hydrogen-bond acceptors (Lipinski definition) is 4. The molecular weight excluding hydrogens is 515 g/mol. The molecule has 0 aliphatic heterocycles. The van der Waals surface area contributed by atoms with Crippen molar-refractivity contribution in [3.05, 3.63) is 65.4 Å². The molecule has 0 radical (unpaired) electrons. The third-order valence-electron chi connectivity index (χ3n) is 4.63. The summed E-state index contributed by atoms with van der Waals surface area (Å²) in [6.07, 6.45) is 0.721. The van der Waals surface area contributed by atoms with Crippen LogP contribution in [0, 0.1) is 6.92 Å². The predicted molar refractivity (Wildman–Crippen MR) is 131 cm³/mol. The van der Waals surface area contributed by atoms with Gasteiger partial charge in [0, 0.05) is 24.0 Å². The summed E-state index contributed by atoms with van der Waals surface area (Å²) >= 11 is 0. The number of benzene rings is 2. The van der Waals surface area contributed by atoms with E-state index in [0.717, 1.165) is 40.8 Å². The number of para-hydroxylation sites is 1. The topological polar surface area (TPSA) is 110 Å². The molecule has 0 atom stereocenters. The van der Waals surface area contributed by atoms with Crippen LogP contribution in [0.25, 0.3) is 11.0 Å². The number of furan rings is 1. The van der Waals surface area contributed by atoms with Crippen molar-refractivity contribution in [2.45, 2.75) is 31.7 Å². The van der Waals surface area contributed by atoms with Gasteiger partial charge in [-0.1, -0.05) is 30.3 Å². The van der Waals surface area contributed by atoms with E-state index in [1.54, 1.807) is 12.1 Å². The lowest BCUT2D eigenvalue weighted by molar-refractivity contribution is 0.548. The molecule has 1 aromatic heterocycles. The van der Waals surface area contributed by atoms with E-state index in [1.165, 1.54) is 12.1 Å². The molecule has 4 N–H and O–H groups in total. The number of guanidine groups is 1. The average Bonchev–Trinajstić information content (AvgIpc) is 3.02. The van der Waals surface area contributed by atoms with Crippen LogP contribution in [0.2, 0.25) is 0 Å². The highest BCUT2D eigenvalue weighted by Crippen LogP contribution is 2.25. The van der Waals surface area contributed by atoms with Crippen molar-refractivity contribution in [2.75, 3.05) is 13.1 Å². The minimum absolute atomic E-state index is 0. The minimum Gasteiger partial charge on any atom is -0.459 e. The molecule has 0 saturated heterocycles. The zero-order valence-corrected chi connectivity index (χ0v) is 20.2. The molecule has 0 bridgehead atoms. The third-order valence-corrected chi connectivity index (χ3v) is 5.55. The molecule has 0 amide bonds. The number of nitrogens with two attached hydrogens (primary N) is 1. The number of primary sulfonamides is 1. The van der Waals surface area contributed by atoms with Crippen LogP contribution in [0.4, 0.5) is 0 Å². The van der Waals surface area contributed by atoms with Gasteiger partial charge in [-0.2, -0.15) is 0 Å². The average molecular weight is 542 g/mol. The van der Waals surface area contributed by atoms with E-state index in [9.17, 15) is 8.42 Å². The second-order valence-electron chi connectivity index (χ2n) is 6.71. The molecule has 3 aromatic rings. The SMILES string of the molecule is CCNC(=NCc1oc2ccccc2c1C)NCCc1ccc(S(N)(=O)=O)cc1.I. The Labute approximate surface area is 194 Å². The standard InChI is InChI=1S/C21H26N4O3S.HI/c1-3-23-21(24-13-12-16-8-10-17(11-9-16)29(22,26)27)25-14-20-15(2)18-6-4-5-7-19(18)28-20;/h4-11H,3,12-14H2,1-2H3,(H2,22,26,27)(H2,23,24,25);1H. The molecular formula is C21H27IN4O3S. The Hall–Kier alpha value is -2.11. The number of fused-ring (bicyclic) bond motifs is 1. The molecule has 162 valence electrons. The summed E-state index contributed by atoms with van der Waals surface area (Å²) in [5, 5.41) is 12.7. The summed E-state index contributed by atoms with van der Waals surface area (Å²) in [5.41, 5.74) is 2.99. The summed E-state index contributed by atoms with van der Waals surface area (Å²) < 4.78 is 28.6. The number of nitrogens with zero attached hydrogens (tertiary/aromatic N) is 1. The Morgan fingerprint density at radius 2 is 1.80 bits per heavy atom. The fourth-order valence-electron chi connectivity index (χ4n) is 3.04. The third kappa shape index (κ3) is 6.19. The monoisotopic (exact) mass is 542 g/mol. The van der Waals surface area contributed by atoms with Gasteiger partial charge in [-0.05, 0) is 44.0 Å². The van der Waals surface area contributed by atoms with Crippen molar-refractivity contribution in [3.63, 3.8) is 0 Å². The van der Waals surface area contributed by atoms with Gasteiger partial charge in [0.15, 0.2) is 5.96 Å². The Morgan fingerprint density at radius 1 is 1.10 bits per heavy atom. The highest BCUT2D eigenvalue weighted by atomic mass is 127. The number of aryl methyl sites for hydroxylation is 1. The molecule has 0 saturated carbocycles. The van der Waals surface area contributed by atoms with Crippen LogP contribution in [0.3, 0.4) is 0 Å². The van der Waals surface area contributed by atoms with Gasteiger partial charge in [-0.3, -0.25) is 0 Å². The van der Waals surface area contributed by atoms with Gasteiger partial charge in [-0.15, -0.1) is 24.0 Å². The van der Waals surface area contributed by atoms with Crippen molar-refractivity contribution >= 4 is 50.9 Å². The summed E-state index contributed by atoms with van der Waals surface area (Å²) in [5.74, 6) is 1.55. The van der Waals surface area contributed by atoms with E-state index in [1.807, 2.05) is 38.1 Å². The lowest BCUT2D eigenvalue weighted by atomic mass is 10.1. The van der Waals surface area contributed by atoms with Crippen molar-refractivity contribution < 1.29 is 12.8 Å². The maximum absolute atomic E-state index is 11.3. The van der Waals surface area contributed by atoms with E-state index >= 15 is 0 Å². The van der Waals surface area contributed by atoms with Crippen LogP contribution in [0.15, 0.2) is 62.8 Å². The minimum atomic E-state index is -3.66. The molecule has 0 unspecified atom stereocenters. The first-order chi connectivity index (χ1) is 13.9. The zero-order valence-electron chi connectivity index (χ0n) is 17.0. The van der Waals surface area contributed by atoms with Crippen molar-refractivity contribution in [1.82, 2.24) is 10.6 Å². The van der Waals surface area contributed by atoms with Crippen LogP contribution in [-0.4, -0.2) is 27.5 Å². The number of halogens is 1. The Bertz CT molecular complexity index is 1110. The Morgan fingerprint density at radius 3 is 2.43 bits per heavy atom. The number of rotatable bonds is 7. The van der Waals surface area contributed by atoms with Gasteiger partial charge in [0.2, 0.25) is 10.0 Å². The number of aliphatic imine (C=N–C) groups is 1. The van der Waals surface area contributed by atoms with Gasteiger partial charge >= 0.3 is 0 Å². The second kappa shape index (κ2) is 10.8. The molecule has 1 heterocycles. The molecule has 0 spiro atoms. The summed E-state index contributed by atoms with van der Waals surface area (Å²) in [6, 6.07) is 14.5. The fraction of sp³-hybridized carbons (Fsp3) is 0.286. The zero-order chi connectivity index (χ0) is 20.9. The van der Waals surface area contributed by atoms with Gasteiger partial charge in [0.25, 0.3) is 0 Å². The number of nitrogens with one attached hydrogen (secondary N) is 2. The van der Waals surface area contributed by atoms with Crippen LogP contribution in [0.1, 0.15) is 23.8 Å². The lowest BCUT2D eigenvalue weighted by Crippen LogP contribution is -2.38. The van der Waals surface area contributed by atoms with Crippen LogP contribution in [0.5, 0.6) is 0 Å². The largest absolute Gasteiger partial charge is 0.459 e. The summed E-state index contributed by atoms with van der Waals surface area (Å²) in [4.78, 5) is 4.74. The van der Waals surface area contributed by atoms with E-state index in [-0.39, 0.29) is 28.9 Å². The molecule has 30 heavy (non-hydrogen) atoms. The van der Waals surface area contributed by atoms with Gasteiger partial charge in [0.1, 0.15) is 17.9 Å². The van der Waals surface area contributed by atoms with Crippen molar-refractivity contribution in [3.8, 4) is 0 Å². The van der Waals surface area contributed by atoms with E-state index in [4.69, 9.17) is 9.56 Å². The maximum atomic E-state index is 11.3. The lowest BCUT2D eigenvalue weighted by Gasteiger charge is -2.11. The first-order valence-corrected chi connectivity index (χ1v) is 11.0. The van der Waals surface area contributed by atoms with Crippen LogP contribution in [-0.2, 0) is 23.0 Å². The second-order valence-corrected chi connectivity index (χ2v) is 8.27. The molecule has 9 heteroatoms. The highest BCUT2D eigenvalue weighted by molar-refractivity contribution is 14.0. The molecule has 2 aromatic carbocycles. The number of sulfonamides is 1. The molecule has 0 aliphatic carbocycles. The van der Waals surface area contributed by atoms with E-state index in [0.29, 0.717) is 19.0 Å². The van der Waals surface area contributed by atoms with Crippen molar-refractivity contribution in [1.29, 1.82) is 0 Å². The molecule has 3 rings (SSSR count). The highest BCUT2D eigenvalue weighted by Gasteiger charge is 2.10. The predicted octanol–water partition coefficient (Wildman–Crippen LogP) is 3.30. The fourth-order valence-corrected chi connectivity index (χ4v) is 3.55. The first kappa shape index (κ1) is 24.2. The first-order valence-electron chi connectivity index (χ1n) is 9.49. The molecule has 7 nitrogen and oxygen atoms in total. The van der Waals surface area contributed by atoms with Gasteiger partial charge in [0.05, 0.1) is 4.90 Å². The normalized spacial score (nSPS) is 11.9. The number of hydrogen-bond donors (Lipinski definition) is 3. The van der Waals surface area contributed by atoms with E-state index < -0.39 is 10.0 Å². The van der Waals surface area contributed by atoms with Gasteiger partial charge < -0.3 is 15.1 Å². The van der Waals surface area contributed by atoms with E-state index in [2.05, 4.69) is 15.6 Å². The summed E-state index contributed by atoms with van der Waals surface area (Å²) in [6.45, 7) is 5.89. The Balaban J connectivity index is 0.00000320. The van der Waals surface area contributed by atoms with Crippen LogP contribution < -0.4 is 15.8 Å². The van der Waals surface area contributed by atoms with Crippen LogP contribution >= 0.6 is 24.0 Å². The molecule has 0 fully saturated rings. The quantitative estimate of drug-likeness (QED) is 0.241. The molecule has 0 aliphatic rings. The Kier molecular flexibility index (Phi) is 8.68. The van der Waals surface area contributed by atoms with Gasteiger partial charge in [-0.25, -0.2) is 18.5 Å². The summed E-state index contributed by atoms with van der Waals surface area (Å²) in [7, 11) is -3.66. The maximum Gasteiger partial charge on any atom is 0.238 e.